The van der Waals surface area contributed by atoms with Crippen LogP contribution in [0.5, 0.6) is 0 Å². The van der Waals surface area contributed by atoms with E-state index >= 15 is 0 Å². The summed E-state index contributed by atoms with van der Waals surface area (Å²) < 4.78 is 0. The lowest BCUT2D eigenvalue weighted by molar-refractivity contribution is 0.0697. The van der Waals surface area contributed by atoms with Crippen LogP contribution in [0, 0.1) is 12.3 Å². The Balaban J connectivity index is 2.89. The van der Waals surface area contributed by atoms with E-state index in [-0.39, 0.29) is 17.6 Å². The Morgan fingerprint density at radius 3 is 2.65 bits per heavy atom. The standard InChI is InChI=1S/C12H18N2O3/c1-8-4-5-9(11(16)17)10(14-8)13-6-12(2,3)7-15/h4-5,15H,6-7H2,1-3H3,(H,13,14)(H,16,17). The van der Waals surface area contributed by atoms with Crippen molar-refractivity contribution in [2.24, 2.45) is 5.41 Å². The molecule has 0 aromatic carbocycles. The summed E-state index contributed by atoms with van der Waals surface area (Å²) in [6.45, 7) is 6.05. The monoisotopic (exact) mass is 238 g/mol. The largest absolute Gasteiger partial charge is 0.478 e. The lowest BCUT2D eigenvalue weighted by Gasteiger charge is -2.22. The van der Waals surface area contributed by atoms with Crippen molar-refractivity contribution in [2.45, 2.75) is 20.8 Å². The molecule has 0 saturated heterocycles. The first-order valence-corrected chi connectivity index (χ1v) is 5.41. The summed E-state index contributed by atoms with van der Waals surface area (Å²) >= 11 is 0. The number of anilines is 1. The van der Waals surface area contributed by atoms with E-state index in [0.717, 1.165) is 5.69 Å². The maximum atomic E-state index is 11.0. The van der Waals surface area contributed by atoms with Crippen LogP contribution in [-0.4, -0.2) is 34.3 Å². The molecular weight excluding hydrogens is 220 g/mol. The highest BCUT2D eigenvalue weighted by atomic mass is 16.4. The molecule has 0 atom stereocenters. The number of rotatable bonds is 5. The molecule has 17 heavy (non-hydrogen) atoms. The summed E-state index contributed by atoms with van der Waals surface area (Å²) in [6, 6.07) is 3.19. The Morgan fingerprint density at radius 1 is 1.47 bits per heavy atom. The van der Waals surface area contributed by atoms with E-state index in [0.29, 0.717) is 12.4 Å². The first-order chi connectivity index (χ1) is 7.85. The molecule has 0 spiro atoms. The minimum absolute atomic E-state index is 0.0220. The van der Waals surface area contributed by atoms with Gasteiger partial charge in [0.2, 0.25) is 0 Å². The van der Waals surface area contributed by atoms with Crippen molar-refractivity contribution in [1.82, 2.24) is 4.98 Å². The molecule has 0 aliphatic heterocycles. The van der Waals surface area contributed by atoms with E-state index in [9.17, 15) is 4.79 Å². The fourth-order valence-electron chi connectivity index (χ4n) is 1.24. The van der Waals surface area contributed by atoms with E-state index in [1.807, 2.05) is 13.8 Å². The van der Waals surface area contributed by atoms with Gasteiger partial charge in [-0.1, -0.05) is 13.8 Å². The Bertz CT molecular complexity index is 416. The number of nitrogens with zero attached hydrogens (tertiary/aromatic N) is 1. The molecule has 1 heterocycles. The predicted octanol–water partition coefficient (Wildman–Crippen LogP) is 1.52. The number of aromatic nitrogens is 1. The third-order valence-electron chi connectivity index (χ3n) is 2.43. The lowest BCUT2D eigenvalue weighted by Crippen LogP contribution is -2.27. The molecule has 0 aliphatic carbocycles. The van der Waals surface area contributed by atoms with Crippen molar-refractivity contribution in [3.05, 3.63) is 23.4 Å². The van der Waals surface area contributed by atoms with Crippen LogP contribution >= 0.6 is 0 Å². The number of aliphatic hydroxyl groups excluding tert-OH is 1. The van der Waals surface area contributed by atoms with Crippen molar-refractivity contribution >= 4 is 11.8 Å². The Labute approximate surface area is 101 Å². The fraction of sp³-hybridized carbons (Fsp3) is 0.500. The molecule has 5 heteroatoms. The zero-order valence-electron chi connectivity index (χ0n) is 10.3. The van der Waals surface area contributed by atoms with Crippen molar-refractivity contribution in [1.29, 1.82) is 0 Å². The summed E-state index contributed by atoms with van der Waals surface area (Å²) in [5, 5.41) is 21.1. The molecule has 1 aromatic heterocycles. The summed E-state index contributed by atoms with van der Waals surface area (Å²) in [6.07, 6.45) is 0. The Kier molecular flexibility index (Phi) is 4.07. The van der Waals surface area contributed by atoms with E-state index in [1.54, 1.807) is 13.0 Å². The molecule has 0 bridgehead atoms. The molecule has 0 radical (unpaired) electrons. The van der Waals surface area contributed by atoms with Gasteiger partial charge in [-0.25, -0.2) is 9.78 Å². The number of aliphatic hydroxyl groups is 1. The van der Waals surface area contributed by atoms with Crippen molar-refractivity contribution in [3.63, 3.8) is 0 Å². The van der Waals surface area contributed by atoms with Crippen LogP contribution in [-0.2, 0) is 0 Å². The molecule has 3 N–H and O–H groups in total. The quantitative estimate of drug-likeness (QED) is 0.724. The van der Waals surface area contributed by atoms with Gasteiger partial charge >= 0.3 is 5.97 Å². The first-order valence-electron chi connectivity index (χ1n) is 5.41. The summed E-state index contributed by atoms with van der Waals surface area (Å²) in [5.74, 6) is -0.666. The number of carbonyl (C=O) groups is 1. The van der Waals surface area contributed by atoms with Crippen molar-refractivity contribution in [3.8, 4) is 0 Å². The Hall–Kier alpha value is -1.62. The number of aromatic carboxylic acids is 1. The lowest BCUT2D eigenvalue weighted by atomic mass is 9.95. The number of hydrogen-bond acceptors (Lipinski definition) is 4. The number of pyridine rings is 1. The third-order valence-corrected chi connectivity index (χ3v) is 2.43. The molecular formula is C12H18N2O3. The highest BCUT2D eigenvalue weighted by Gasteiger charge is 2.18. The number of carboxylic acids is 1. The summed E-state index contributed by atoms with van der Waals surface area (Å²) in [5.41, 5.74) is 0.574. The van der Waals surface area contributed by atoms with Gasteiger partial charge in [0, 0.05) is 24.3 Å². The van der Waals surface area contributed by atoms with Gasteiger partial charge in [0.15, 0.2) is 0 Å². The van der Waals surface area contributed by atoms with Gasteiger partial charge < -0.3 is 15.5 Å². The highest BCUT2D eigenvalue weighted by Crippen LogP contribution is 2.18. The molecule has 0 amide bonds. The number of carboxylic acid groups (broad SMARTS) is 1. The zero-order valence-corrected chi connectivity index (χ0v) is 10.3. The molecule has 94 valence electrons. The molecule has 0 fully saturated rings. The van der Waals surface area contributed by atoms with Crippen LogP contribution < -0.4 is 5.32 Å². The minimum atomic E-state index is -1.01. The smallest absolute Gasteiger partial charge is 0.339 e. The van der Waals surface area contributed by atoms with E-state index < -0.39 is 5.97 Å². The topological polar surface area (TPSA) is 82.5 Å². The van der Waals surface area contributed by atoms with Crippen LogP contribution in [0.2, 0.25) is 0 Å². The minimum Gasteiger partial charge on any atom is -0.478 e. The zero-order chi connectivity index (χ0) is 13.1. The first kappa shape index (κ1) is 13.4. The third kappa shape index (κ3) is 3.71. The molecule has 5 nitrogen and oxygen atoms in total. The van der Waals surface area contributed by atoms with Gasteiger partial charge in [0.1, 0.15) is 11.4 Å². The van der Waals surface area contributed by atoms with Gasteiger partial charge in [0.25, 0.3) is 0 Å². The maximum Gasteiger partial charge on any atom is 0.339 e. The predicted molar refractivity (Wildman–Crippen MR) is 65.3 cm³/mol. The SMILES string of the molecule is Cc1ccc(C(=O)O)c(NCC(C)(C)CO)n1. The highest BCUT2D eigenvalue weighted by molar-refractivity contribution is 5.93. The molecule has 0 saturated carbocycles. The van der Waals surface area contributed by atoms with Crippen LogP contribution in [0.1, 0.15) is 29.9 Å². The van der Waals surface area contributed by atoms with Crippen LogP contribution in [0.15, 0.2) is 12.1 Å². The Morgan fingerprint density at radius 2 is 2.12 bits per heavy atom. The van der Waals surface area contributed by atoms with Gasteiger partial charge in [-0.3, -0.25) is 0 Å². The fourth-order valence-corrected chi connectivity index (χ4v) is 1.24. The maximum absolute atomic E-state index is 11.0. The second-order valence-electron chi connectivity index (χ2n) is 4.83. The number of hydrogen-bond donors (Lipinski definition) is 3. The van der Waals surface area contributed by atoms with Crippen LogP contribution in [0.4, 0.5) is 5.82 Å². The van der Waals surface area contributed by atoms with Crippen LogP contribution in [0.3, 0.4) is 0 Å². The van der Waals surface area contributed by atoms with Gasteiger partial charge in [0.05, 0.1) is 0 Å². The van der Waals surface area contributed by atoms with Crippen molar-refractivity contribution in [2.75, 3.05) is 18.5 Å². The van der Waals surface area contributed by atoms with E-state index in [2.05, 4.69) is 10.3 Å². The van der Waals surface area contributed by atoms with Gasteiger partial charge in [-0.05, 0) is 19.1 Å². The normalized spacial score (nSPS) is 11.3. The molecule has 1 aromatic rings. The average molecular weight is 238 g/mol. The van der Waals surface area contributed by atoms with Crippen molar-refractivity contribution < 1.29 is 15.0 Å². The van der Waals surface area contributed by atoms with Gasteiger partial charge in [-0.15, -0.1) is 0 Å². The summed E-state index contributed by atoms with van der Waals surface area (Å²) in [7, 11) is 0. The van der Waals surface area contributed by atoms with E-state index in [4.69, 9.17) is 10.2 Å². The number of aryl methyl sites for hydroxylation is 1. The second kappa shape index (κ2) is 5.14. The average Bonchev–Trinajstić information content (AvgIpc) is 2.26. The van der Waals surface area contributed by atoms with Crippen LogP contribution in [0.25, 0.3) is 0 Å². The molecule has 1 rings (SSSR count). The van der Waals surface area contributed by atoms with Gasteiger partial charge in [-0.2, -0.15) is 0 Å². The number of nitrogens with one attached hydrogen (secondary N) is 1. The molecule has 0 aliphatic rings. The molecule has 0 unspecified atom stereocenters. The second-order valence-corrected chi connectivity index (χ2v) is 4.83. The van der Waals surface area contributed by atoms with E-state index in [1.165, 1.54) is 6.07 Å². The summed E-state index contributed by atoms with van der Waals surface area (Å²) in [4.78, 5) is 15.2.